The molecule has 3 rings (SSSR count). The molecule has 142 valence electrons. The zero-order chi connectivity index (χ0) is 19.1. The summed E-state index contributed by atoms with van der Waals surface area (Å²) in [4.78, 5) is 2.44. The lowest BCUT2D eigenvalue weighted by Crippen LogP contribution is -2.48. The van der Waals surface area contributed by atoms with Crippen LogP contribution in [0.5, 0.6) is 0 Å². The summed E-state index contributed by atoms with van der Waals surface area (Å²) in [5, 5.41) is 3.78. The third-order valence-electron chi connectivity index (χ3n) is 4.90. The summed E-state index contributed by atoms with van der Waals surface area (Å²) in [6.07, 6.45) is 0. The molecule has 2 aromatic rings. The molecule has 1 aliphatic heterocycles. The van der Waals surface area contributed by atoms with Crippen molar-refractivity contribution < 1.29 is 12.9 Å². The second-order valence-electron chi connectivity index (χ2n) is 7.84. The first-order valence-corrected chi connectivity index (χ1v) is 10.3. The molecule has 1 aromatic carbocycles. The molecule has 2 heterocycles. The Hall–Kier alpha value is -1.86. The van der Waals surface area contributed by atoms with Crippen LogP contribution in [-0.4, -0.2) is 44.1 Å². The quantitative estimate of drug-likeness (QED) is 0.822. The summed E-state index contributed by atoms with van der Waals surface area (Å²) >= 11 is 0. The molecule has 1 saturated heterocycles. The zero-order valence-corrected chi connectivity index (χ0v) is 16.9. The normalized spacial score (nSPS) is 16.9. The number of nitrogens with zero attached hydrogens (tertiary/aromatic N) is 3. The van der Waals surface area contributed by atoms with E-state index in [2.05, 4.69) is 55.1 Å². The van der Waals surface area contributed by atoms with E-state index in [1.54, 1.807) is 13.8 Å². The fourth-order valence-electron chi connectivity index (χ4n) is 3.33. The molecule has 1 fully saturated rings. The molecule has 0 amide bonds. The second kappa shape index (κ2) is 6.70. The van der Waals surface area contributed by atoms with E-state index >= 15 is 0 Å². The average Bonchev–Trinajstić information content (AvgIpc) is 2.93. The van der Waals surface area contributed by atoms with E-state index in [-0.39, 0.29) is 10.3 Å². The number of piperazine rings is 1. The maximum absolute atomic E-state index is 12.9. The molecule has 6 nitrogen and oxygen atoms in total. The average molecular weight is 378 g/mol. The molecule has 0 N–H and O–H groups in total. The SMILES string of the molecule is Cc1noc(C)c1S(=O)(=O)N1CCN(c2ccc(C(C)(C)C)cc2)CC1. The van der Waals surface area contributed by atoms with E-state index in [0.717, 1.165) is 5.69 Å². The zero-order valence-electron chi connectivity index (χ0n) is 16.1. The van der Waals surface area contributed by atoms with Gasteiger partial charge in [-0.25, -0.2) is 8.42 Å². The van der Waals surface area contributed by atoms with Gasteiger partial charge in [-0.3, -0.25) is 0 Å². The van der Waals surface area contributed by atoms with Gasteiger partial charge in [-0.1, -0.05) is 38.1 Å². The highest BCUT2D eigenvalue weighted by atomic mass is 32.2. The van der Waals surface area contributed by atoms with Crippen LogP contribution in [0, 0.1) is 13.8 Å². The van der Waals surface area contributed by atoms with Gasteiger partial charge in [0.05, 0.1) is 0 Å². The van der Waals surface area contributed by atoms with Crippen molar-refractivity contribution in [3.05, 3.63) is 41.3 Å². The Morgan fingerprint density at radius 1 is 1.00 bits per heavy atom. The van der Waals surface area contributed by atoms with Gasteiger partial charge in [-0.2, -0.15) is 4.31 Å². The number of sulfonamides is 1. The number of aromatic nitrogens is 1. The van der Waals surface area contributed by atoms with Gasteiger partial charge >= 0.3 is 0 Å². The number of anilines is 1. The molecular formula is C19H27N3O3S. The smallest absolute Gasteiger partial charge is 0.248 e. The molecule has 0 bridgehead atoms. The van der Waals surface area contributed by atoms with Crippen LogP contribution in [0.1, 0.15) is 37.8 Å². The molecule has 7 heteroatoms. The minimum atomic E-state index is -3.56. The van der Waals surface area contributed by atoms with E-state index in [4.69, 9.17) is 4.52 Å². The summed E-state index contributed by atoms with van der Waals surface area (Å²) < 4.78 is 32.4. The van der Waals surface area contributed by atoms with Crippen molar-refractivity contribution in [2.24, 2.45) is 0 Å². The Morgan fingerprint density at radius 2 is 1.58 bits per heavy atom. The monoisotopic (exact) mass is 377 g/mol. The topological polar surface area (TPSA) is 66.7 Å². The predicted octanol–water partition coefficient (Wildman–Crippen LogP) is 3.10. The van der Waals surface area contributed by atoms with Crippen molar-refractivity contribution in [1.82, 2.24) is 9.46 Å². The van der Waals surface area contributed by atoms with E-state index < -0.39 is 10.0 Å². The van der Waals surface area contributed by atoms with Crippen LogP contribution < -0.4 is 4.90 Å². The Morgan fingerprint density at radius 3 is 2.04 bits per heavy atom. The fraction of sp³-hybridized carbons (Fsp3) is 0.526. The Balaban J connectivity index is 1.71. The van der Waals surface area contributed by atoms with Crippen LogP contribution in [0.4, 0.5) is 5.69 Å². The van der Waals surface area contributed by atoms with E-state index in [1.165, 1.54) is 9.87 Å². The van der Waals surface area contributed by atoms with Crippen LogP contribution >= 0.6 is 0 Å². The van der Waals surface area contributed by atoms with Gasteiger partial charge in [0, 0.05) is 31.9 Å². The third-order valence-corrected chi connectivity index (χ3v) is 7.05. The third kappa shape index (κ3) is 3.50. The van der Waals surface area contributed by atoms with Gasteiger partial charge < -0.3 is 9.42 Å². The Kier molecular flexibility index (Phi) is 4.88. The lowest BCUT2D eigenvalue weighted by Gasteiger charge is -2.35. The minimum Gasteiger partial charge on any atom is -0.369 e. The minimum absolute atomic E-state index is 0.125. The van der Waals surface area contributed by atoms with Gasteiger partial charge in [-0.15, -0.1) is 0 Å². The fourth-order valence-corrected chi connectivity index (χ4v) is 5.04. The van der Waals surface area contributed by atoms with E-state index in [0.29, 0.717) is 37.6 Å². The number of benzene rings is 1. The molecule has 0 aliphatic carbocycles. The van der Waals surface area contributed by atoms with Crippen molar-refractivity contribution in [2.45, 2.75) is 44.9 Å². The highest BCUT2D eigenvalue weighted by Crippen LogP contribution is 2.27. The Bertz CT molecular complexity index is 852. The second-order valence-corrected chi connectivity index (χ2v) is 9.72. The Labute approximate surface area is 155 Å². The number of hydrogen-bond acceptors (Lipinski definition) is 5. The van der Waals surface area contributed by atoms with Crippen molar-refractivity contribution in [2.75, 3.05) is 31.1 Å². The van der Waals surface area contributed by atoms with Gasteiger partial charge in [0.25, 0.3) is 0 Å². The number of rotatable bonds is 3. The van der Waals surface area contributed by atoms with Crippen molar-refractivity contribution in [3.8, 4) is 0 Å². The molecular weight excluding hydrogens is 350 g/mol. The summed E-state index contributed by atoms with van der Waals surface area (Å²) in [6.45, 7) is 12.1. The van der Waals surface area contributed by atoms with Crippen LogP contribution in [0.3, 0.4) is 0 Å². The van der Waals surface area contributed by atoms with Gasteiger partial charge in [0.2, 0.25) is 10.0 Å². The van der Waals surface area contributed by atoms with Crippen molar-refractivity contribution >= 4 is 15.7 Å². The first-order valence-electron chi connectivity index (χ1n) is 8.89. The van der Waals surface area contributed by atoms with Crippen LogP contribution in [-0.2, 0) is 15.4 Å². The van der Waals surface area contributed by atoms with Gasteiger partial charge in [0.15, 0.2) is 5.76 Å². The molecule has 1 aromatic heterocycles. The highest BCUT2D eigenvalue weighted by molar-refractivity contribution is 7.89. The molecule has 0 atom stereocenters. The molecule has 0 unspecified atom stereocenters. The largest absolute Gasteiger partial charge is 0.369 e. The van der Waals surface area contributed by atoms with Crippen LogP contribution in [0.2, 0.25) is 0 Å². The summed E-state index contributed by atoms with van der Waals surface area (Å²) in [5.41, 5.74) is 2.97. The number of hydrogen-bond donors (Lipinski definition) is 0. The first-order chi connectivity index (χ1) is 12.1. The van der Waals surface area contributed by atoms with Crippen molar-refractivity contribution in [1.29, 1.82) is 0 Å². The maximum Gasteiger partial charge on any atom is 0.248 e. The summed E-state index contributed by atoms with van der Waals surface area (Å²) in [6, 6.07) is 8.56. The first kappa shape index (κ1) is 18.9. The summed E-state index contributed by atoms with van der Waals surface area (Å²) in [7, 11) is -3.56. The lowest BCUT2D eigenvalue weighted by atomic mass is 9.87. The molecule has 1 aliphatic rings. The lowest BCUT2D eigenvalue weighted by molar-refractivity contribution is 0.378. The molecule has 0 radical (unpaired) electrons. The van der Waals surface area contributed by atoms with E-state index in [9.17, 15) is 8.42 Å². The van der Waals surface area contributed by atoms with E-state index in [1.807, 2.05) is 0 Å². The molecule has 26 heavy (non-hydrogen) atoms. The molecule has 0 spiro atoms. The summed E-state index contributed by atoms with van der Waals surface area (Å²) in [5.74, 6) is 0.350. The maximum atomic E-state index is 12.9. The van der Waals surface area contributed by atoms with Gasteiger partial charge in [0.1, 0.15) is 10.6 Å². The standard InChI is InChI=1S/C19H27N3O3S/c1-14-18(15(2)25-20-14)26(23,24)22-12-10-21(11-13-22)17-8-6-16(7-9-17)19(3,4)5/h6-9H,10-13H2,1-5H3. The van der Waals surface area contributed by atoms with Crippen LogP contribution in [0.15, 0.2) is 33.7 Å². The molecule has 0 saturated carbocycles. The predicted molar refractivity (Wildman–Crippen MR) is 102 cm³/mol. The number of aryl methyl sites for hydroxylation is 2. The van der Waals surface area contributed by atoms with Gasteiger partial charge in [-0.05, 0) is 37.0 Å². The van der Waals surface area contributed by atoms with Crippen molar-refractivity contribution in [3.63, 3.8) is 0 Å². The van der Waals surface area contributed by atoms with Crippen LogP contribution in [0.25, 0.3) is 0 Å². The highest BCUT2D eigenvalue weighted by Gasteiger charge is 2.33.